The van der Waals surface area contributed by atoms with Crippen molar-refractivity contribution in [3.8, 4) is 5.75 Å². The zero-order chi connectivity index (χ0) is 27.5. The molecule has 2 saturated carbocycles. The lowest BCUT2D eigenvalue weighted by molar-refractivity contribution is -0.165. The third-order valence-electron chi connectivity index (χ3n) is 9.51. The Labute approximate surface area is 229 Å². The van der Waals surface area contributed by atoms with Crippen molar-refractivity contribution in [1.29, 1.82) is 0 Å². The normalized spacial score (nSPS) is 26.9. The molecule has 0 saturated heterocycles. The number of hydrogen-bond acceptors (Lipinski definition) is 4. The summed E-state index contributed by atoms with van der Waals surface area (Å²) in [6.07, 6.45) is 3.55. The number of carbonyl (C=O) groups excluding carboxylic acids is 2. The van der Waals surface area contributed by atoms with E-state index in [1.165, 1.54) is 0 Å². The summed E-state index contributed by atoms with van der Waals surface area (Å²) in [7, 11) is -2.11. The molecule has 1 unspecified atom stereocenters. The molecule has 2 aromatic carbocycles. The van der Waals surface area contributed by atoms with Gasteiger partial charge in [0.15, 0.2) is 14.1 Å². The largest absolute Gasteiger partial charge is 0.491 e. The zero-order valence-corrected chi connectivity index (χ0v) is 25.0. The van der Waals surface area contributed by atoms with Crippen LogP contribution in [-0.4, -0.2) is 49.7 Å². The van der Waals surface area contributed by atoms with Crippen LogP contribution in [0, 0.1) is 5.92 Å². The number of fused-ring (bicyclic) bond motifs is 1. The summed E-state index contributed by atoms with van der Waals surface area (Å²) in [5.41, 5.74) is 2.45. The Kier molecular flexibility index (Phi) is 6.88. The lowest BCUT2D eigenvalue weighted by atomic mass is 9.44. The van der Waals surface area contributed by atoms with Gasteiger partial charge in [0.2, 0.25) is 0 Å². The summed E-state index contributed by atoms with van der Waals surface area (Å²) in [4.78, 5) is 29.6. The molecule has 2 aliphatic carbocycles. The third-order valence-corrected chi connectivity index (χ3v) is 14.0. The molecular weight excluding hydrogens is 490 g/mol. The Morgan fingerprint density at radius 1 is 1.03 bits per heavy atom. The first-order valence-corrected chi connectivity index (χ1v) is 17.2. The average molecular weight is 534 g/mol. The second kappa shape index (κ2) is 9.63. The van der Waals surface area contributed by atoms with E-state index in [9.17, 15) is 9.59 Å². The number of benzene rings is 2. The van der Waals surface area contributed by atoms with Gasteiger partial charge in [-0.15, -0.1) is 0 Å². The Morgan fingerprint density at radius 2 is 1.71 bits per heavy atom. The molecule has 0 bridgehead atoms. The highest BCUT2D eigenvalue weighted by molar-refractivity contribution is 6.74. The van der Waals surface area contributed by atoms with E-state index >= 15 is 0 Å². The highest BCUT2D eigenvalue weighted by atomic mass is 28.4. The minimum Gasteiger partial charge on any atom is -0.491 e. The fourth-order valence-corrected chi connectivity index (χ4v) is 8.08. The molecule has 1 spiro atoms. The standard InChI is InChI=1S/C32H43NO4Si/c1-21(2)36-23-17-15-22(16-18-23)19-20-33-29-28(34)26-13-10-14-27(37-38(6,7)31(3,4)5)32(26,29)25-12-9-8-11-24(25)30(33)35/h8-9,11-12,15-18,21,26-27,29H,10,13-14,19-20H2,1-7H3/t26?,27-,29-,32+/m1/s1. The van der Waals surface area contributed by atoms with Crippen molar-refractivity contribution in [1.82, 2.24) is 4.90 Å². The SMILES string of the molecule is CC(C)Oc1ccc(CCN2C(=O)c3ccccc3[C@]34C(CCC[C@H]3O[Si](C)(C)C(C)(C)C)C(=O)[C@@H]24)cc1. The van der Waals surface area contributed by atoms with Crippen molar-refractivity contribution in [3.05, 3.63) is 65.2 Å². The predicted molar refractivity (Wildman–Crippen MR) is 153 cm³/mol. The number of carbonyl (C=O) groups is 2. The third kappa shape index (κ3) is 4.24. The van der Waals surface area contributed by atoms with Gasteiger partial charge in [0.05, 0.1) is 17.6 Å². The Bertz CT molecular complexity index is 1210. The van der Waals surface area contributed by atoms with E-state index in [-0.39, 0.29) is 34.9 Å². The summed E-state index contributed by atoms with van der Waals surface area (Å²) in [5, 5.41) is 0.0645. The van der Waals surface area contributed by atoms with Crippen molar-refractivity contribution in [2.24, 2.45) is 5.92 Å². The van der Waals surface area contributed by atoms with Gasteiger partial charge >= 0.3 is 0 Å². The van der Waals surface area contributed by atoms with E-state index in [0.29, 0.717) is 13.0 Å². The van der Waals surface area contributed by atoms with Crippen LogP contribution in [0.15, 0.2) is 48.5 Å². The zero-order valence-electron chi connectivity index (χ0n) is 24.0. The van der Waals surface area contributed by atoms with Crippen molar-refractivity contribution in [3.63, 3.8) is 0 Å². The van der Waals surface area contributed by atoms with Gasteiger partial charge in [-0.1, -0.05) is 57.5 Å². The topological polar surface area (TPSA) is 55.8 Å². The first kappa shape index (κ1) is 27.1. The summed E-state index contributed by atoms with van der Waals surface area (Å²) < 4.78 is 13.0. The number of ether oxygens (including phenoxy) is 1. The van der Waals surface area contributed by atoms with Crippen LogP contribution >= 0.6 is 0 Å². The van der Waals surface area contributed by atoms with Crippen molar-refractivity contribution in [2.75, 3.05) is 6.54 Å². The molecule has 204 valence electrons. The number of hydrogen-bond donors (Lipinski definition) is 0. The maximum atomic E-state index is 13.9. The predicted octanol–water partition coefficient (Wildman–Crippen LogP) is 6.55. The van der Waals surface area contributed by atoms with Gasteiger partial charge in [0, 0.05) is 18.0 Å². The highest BCUT2D eigenvalue weighted by Gasteiger charge is 2.72. The molecule has 1 heterocycles. The molecule has 1 amide bonds. The molecule has 0 aromatic heterocycles. The monoisotopic (exact) mass is 533 g/mol. The van der Waals surface area contributed by atoms with E-state index in [0.717, 1.165) is 41.7 Å². The quantitative estimate of drug-likeness (QED) is 0.379. The molecule has 2 aromatic rings. The molecule has 1 aliphatic heterocycles. The Hall–Kier alpha value is -2.44. The van der Waals surface area contributed by atoms with Crippen LogP contribution < -0.4 is 4.74 Å². The molecule has 6 heteroatoms. The second-order valence-electron chi connectivity index (χ2n) is 13.2. The molecular formula is C32H43NO4Si. The number of nitrogens with zero attached hydrogens (tertiary/aromatic N) is 1. The van der Waals surface area contributed by atoms with Gasteiger partial charge in [-0.3, -0.25) is 9.59 Å². The summed E-state index contributed by atoms with van der Waals surface area (Å²) >= 11 is 0. The van der Waals surface area contributed by atoms with Crippen LogP contribution in [0.5, 0.6) is 5.75 Å². The summed E-state index contributed by atoms with van der Waals surface area (Å²) in [6.45, 7) is 15.9. The Morgan fingerprint density at radius 3 is 2.37 bits per heavy atom. The maximum Gasteiger partial charge on any atom is 0.254 e. The molecule has 4 atom stereocenters. The fourth-order valence-electron chi connectivity index (χ4n) is 6.70. The average Bonchev–Trinajstić information content (AvgIpc) is 2.85. The number of Topliss-reactive ketones (excluding diaryl/α,β-unsaturated/α-hetero) is 1. The lowest BCUT2D eigenvalue weighted by Crippen LogP contribution is -2.79. The van der Waals surface area contributed by atoms with Crippen LogP contribution in [0.4, 0.5) is 0 Å². The molecule has 0 N–H and O–H groups in total. The first-order chi connectivity index (χ1) is 17.9. The highest BCUT2D eigenvalue weighted by Crippen LogP contribution is 2.61. The van der Waals surface area contributed by atoms with Crippen LogP contribution in [0.25, 0.3) is 0 Å². The van der Waals surface area contributed by atoms with Crippen molar-refractivity contribution < 1.29 is 18.8 Å². The molecule has 5 nitrogen and oxygen atoms in total. The van der Waals surface area contributed by atoms with Gasteiger partial charge in [-0.05, 0) is 80.6 Å². The van der Waals surface area contributed by atoms with Crippen LogP contribution in [0.2, 0.25) is 18.1 Å². The van der Waals surface area contributed by atoms with E-state index in [4.69, 9.17) is 9.16 Å². The van der Waals surface area contributed by atoms with Gasteiger partial charge < -0.3 is 14.1 Å². The smallest absolute Gasteiger partial charge is 0.254 e. The van der Waals surface area contributed by atoms with Crippen LogP contribution in [-0.2, 0) is 21.1 Å². The molecule has 0 radical (unpaired) electrons. The fraction of sp³-hybridized carbons (Fsp3) is 0.562. The van der Waals surface area contributed by atoms with Crippen LogP contribution in [0.3, 0.4) is 0 Å². The van der Waals surface area contributed by atoms with Crippen molar-refractivity contribution >= 4 is 20.0 Å². The molecule has 2 fully saturated rings. The number of amides is 1. The lowest BCUT2D eigenvalue weighted by Gasteiger charge is -2.66. The van der Waals surface area contributed by atoms with E-state index in [1.54, 1.807) is 0 Å². The second-order valence-corrected chi connectivity index (χ2v) is 17.9. The van der Waals surface area contributed by atoms with E-state index in [2.05, 4.69) is 52.1 Å². The number of rotatable bonds is 7. The van der Waals surface area contributed by atoms with Gasteiger partial charge in [-0.2, -0.15) is 0 Å². The van der Waals surface area contributed by atoms with Gasteiger partial charge in [0.25, 0.3) is 5.91 Å². The van der Waals surface area contributed by atoms with Gasteiger partial charge in [-0.25, -0.2) is 0 Å². The molecule has 3 aliphatic rings. The van der Waals surface area contributed by atoms with E-state index < -0.39 is 19.8 Å². The molecule has 38 heavy (non-hydrogen) atoms. The first-order valence-electron chi connectivity index (χ1n) is 14.3. The molecule has 5 rings (SSSR count). The van der Waals surface area contributed by atoms with E-state index in [1.807, 2.05) is 49.1 Å². The van der Waals surface area contributed by atoms with Crippen molar-refractivity contribution in [2.45, 2.75) is 102 Å². The summed E-state index contributed by atoms with van der Waals surface area (Å²) in [5.74, 6) is 0.951. The maximum absolute atomic E-state index is 13.9. The minimum atomic E-state index is -2.11. The minimum absolute atomic E-state index is 0.0283. The summed E-state index contributed by atoms with van der Waals surface area (Å²) in [6, 6.07) is 15.7. The van der Waals surface area contributed by atoms with Gasteiger partial charge in [0.1, 0.15) is 11.8 Å². The number of ketones is 1. The Balaban J connectivity index is 1.50. The van der Waals surface area contributed by atoms with Crippen LogP contribution in [0.1, 0.15) is 75.4 Å².